The van der Waals surface area contributed by atoms with Gasteiger partial charge in [0.2, 0.25) is 17.6 Å². The lowest BCUT2D eigenvalue weighted by molar-refractivity contribution is -0.135. The van der Waals surface area contributed by atoms with Crippen LogP contribution in [0.25, 0.3) is 11.4 Å². The fourth-order valence-electron chi connectivity index (χ4n) is 5.52. The molecule has 13 nitrogen and oxygen atoms in total. The number of hydrogen-bond acceptors (Lipinski definition) is 9. The third kappa shape index (κ3) is 5.04. The van der Waals surface area contributed by atoms with Crippen LogP contribution in [0.3, 0.4) is 0 Å². The largest absolute Gasteiger partial charge is 0.444 e. The summed E-state index contributed by atoms with van der Waals surface area (Å²) in [6.07, 6.45) is 1.24. The number of carbonyl (C=O) groups excluding carboxylic acids is 3. The average molecular weight is 522 g/mol. The zero-order chi connectivity index (χ0) is 27.0. The predicted octanol–water partition coefficient (Wildman–Crippen LogP) is 1.06. The summed E-state index contributed by atoms with van der Waals surface area (Å²) in [7, 11) is 0. The van der Waals surface area contributed by atoms with E-state index in [1.165, 1.54) is 4.90 Å². The van der Waals surface area contributed by atoms with Crippen molar-refractivity contribution in [3.05, 3.63) is 24.3 Å². The highest BCUT2D eigenvalue weighted by atomic mass is 16.6. The van der Waals surface area contributed by atoms with Crippen LogP contribution in [0.4, 0.5) is 10.5 Å². The smallest absolute Gasteiger partial charge is 0.408 e. The van der Waals surface area contributed by atoms with Gasteiger partial charge in [0.15, 0.2) is 0 Å². The van der Waals surface area contributed by atoms with Gasteiger partial charge in [-0.2, -0.15) is 10.5 Å². The van der Waals surface area contributed by atoms with E-state index in [9.17, 15) is 19.6 Å². The molecule has 3 fully saturated rings. The van der Waals surface area contributed by atoms with Crippen molar-refractivity contribution < 1.29 is 19.1 Å². The molecular formula is C25H31N9O4. The van der Waals surface area contributed by atoms with Crippen molar-refractivity contribution in [2.45, 2.75) is 69.8 Å². The van der Waals surface area contributed by atoms with Crippen LogP contribution in [0.5, 0.6) is 0 Å². The molecule has 0 saturated carbocycles. The van der Waals surface area contributed by atoms with Crippen LogP contribution in [0.1, 0.15) is 40.0 Å². The first-order valence-corrected chi connectivity index (χ1v) is 12.8. The maximum Gasteiger partial charge on any atom is 0.408 e. The maximum absolute atomic E-state index is 13.5. The number of amides is 3. The highest BCUT2D eigenvalue weighted by Gasteiger charge is 2.51. The van der Waals surface area contributed by atoms with Crippen molar-refractivity contribution in [3.8, 4) is 17.5 Å². The molecule has 3 saturated heterocycles. The monoisotopic (exact) mass is 521 g/mol. The average Bonchev–Trinajstić information content (AvgIpc) is 3.66. The molecule has 1 aromatic heterocycles. The Balaban J connectivity index is 1.32. The van der Waals surface area contributed by atoms with E-state index in [1.807, 2.05) is 29.2 Å². The van der Waals surface area contributed by atoms with E-state index in [4.69, 9.17) is 4.74 Å². The number of piperazine rings is 1. The van der Waals surface area contributed by atoms with Gasteiger partial charge in [0.25, 0.3) is 0 Å². The molecule has 1 aromatic carbocycles. The van der Waals surface area contributed by atoms with Gasteiger partial charge >= 0.3 is 6.09 Å². The number of likely N-dealkylation sites (tertiary alicyclic amines) is 2. The zero-order valence-corrected chi connectivity index (χ0v) is 21.6. The summed E-state index contributed by atoms with van der Waals surface area (Å²) < 4.78 is 5.40. The number of ether oxygens (including phenoxy) is 1. The fourth-order valence-corrected chi connectivity index (χ4v) is 5.52. The lowest BCUT2D eigenvalue weighted by atomic mass is 10.1. The molecule has 13 heteroatoms. The van der Waals surface area contributed by atoms with E-state index in [-0.39, 0.29) is 24.4 Å². The number of anilines is 1. The van der Waals surface area contributed by atoms with Gasteiger partial charge in [-0.3, -0.25) is 14.5 Å². The predicted molar refractivity (Wildman–Crippen MR) is 134 cm³/mol. The summed E-state index contributed by atoms with van der Waals surface area (Å²) in [5.41, 5.74) is 0.756. The molecule has 0 radical (unpaired) electrons. The molecular weight excluding hydrogens is 490 g/mol. The number of alkyl carbamates (subject to hydrolysis) is 1. The lowest BCUT2D eigenvalue weighted by Gasteiger charge is -2.36. The molecule has 4 atom stereocenters. The van der Waals surface area contributed by atoms with Crippen LogP contribution < -0.4 is 10.2 Å². The van der Waals surface area contributed by atoms with E-state index in [0.717, 1.165) is 17.7 Å². The van der Waals surface area contributed by atoms with Crippen LogP contribution in [-0.4, -0.2) is 97.7 Å². The van der Waals surface area contributed by atoms with Gasteiger partial charge < -0.3 is 19.9 Å². The molecule has 3 aliphatic rings. The topological polar surface area (TPSA) is 160 Å². The van der Waals surface area contributed by atoms with E-state index in [2.05, 4.69) is 32.0 Å². The fraction of sp³-hybridized carbons (Fsp3) is 0.560. The molecule has 0 aliphatic carbocycles. The summed E-state index contributed by atoms with van der Waals surface area (Å²) in [4.78, 5) is 44.8. The minimum Gasteiger partial charge on any atom is -0.444 e. The number of hydrogen-bond donors (Lipinski definition) is 2. The summed E-state index contributed by atoms with van der Waals surface area (Å²) in [6, 6.07) is 7.64. The van der Waals surface area contributed by atoms with Crippen molar-refractivity contribution in [2.75, 3.05) is 24.5 Å². The first-order chi connectivity index (χ1) is 18.1. The Bertz CT molecular complexity index is 1250. The number of benzene rings is 1. The highest BCUT2D eigenvalue weighted by molar-refractivity contribution is 6.01. The second kappa shape index (κ2) is 10.0. The van der Waals surface area contributed by atoms with Gasteiger partial charge in [0.1, 0.15) is 17.7 Å². The normalized spacial score (nSPS) is 23.9. The molecule has 4 heterocycles. The SMILES string of the molecule is CC(C)(C)OC(=O)N[C@@H](CN1CC2C[C@H]1C(=O)N2c1cccc(-c2nn[nH]n2)c1)C(=O)N1CCC[C@H]1C#N. The molecule has 3 amide bonds. The lowest BCUT2D eigenvalue weighted by Crippen LogP contribution is -2.59. The molecule has 1 unspecified atom stereocenters. The molecule has 2 N–H and O–H groups in total. The van der Waals surface area contributed by atoms with Crippen LogP contribution in [0, 0.1) is 11.3 Å². The van der Waals surface area contributed by atoms with Crippen molar-refractivity contribution in [3.63, 3.8) is 0 Å². The Kier molecular flexibility index (Phi) is 6.75. The van der Waals surface area contributed by atoms with Gasteiger partial charge in [-0.1, -0.05) is 12.1 Å². The summed E-state index contributed by atoms with van der Waals surface area (Å²) >= 11 is 0. The maximum atomic E-state index is 13.5. The van der Waals surface area contributed by atoms with E-state index >= 15 is 0 Å². The standard InChI is InChI=1S/C25H31N9O4/c1-25(2,3)38-24(37)27-19(22(35)33-9-5-8-17(33)12-26)14-32-13-18-11-20(32)23(36)34(18)16-7-4-6-15(10-16)21-28-30-31-29-21/h4,6-7,10,17-20H,5,8-9,11,13-14H2,1-3H3,(H,27,37)(H,28,29,30,31)/t17-,18?,19-,20-/m0/s1. The van der Waals surface area contributed by atoms with Gasteiger partial charge in [-0.25, -0.2) is 4.79 Å². The summed E-state index contributed by atoms with van der Waals surface area (Å²) in [6.45, 7) is 6.39. The Hall–Kier alpha value is -4.05. The number of nitrogens with zero attached hydrogens (tertiary/aromatic N) is 7. The van der Waals surface area contributed by atoms with E-state index < -0.39 is 29.8 Å². The molecule has 3 aliphatic heterocycles. The number of nitriles is 1. The Morgan fingerprint density at radius 2 is 2.16 bits per heavy atom. The number of fused-ring (bicyclic) bond motifs is 2. The van der Waals surface area contributed by atoms with Gasteiger partial charge in [0, 0.05) is 30.9 Å². The number of carbonyl (C=O) groups is 3. The molecule has 38 heavy (non-hydrogen) atoms. The number of rotatable bonds is 6. The number of aromatic amines is 1. The molecule has 2 aromatic rings. The van der Waals surface area contributed by atoms with Crippen LogP contribution in [-0.2, 0) is 14.3 Å². The van der Waals surface area contributed by atoms with Crippen LogP contribution in [0.2, 0.25) is 0 Å². The van der Waals surface area contributed by atoms with Crippen molar-refractivity contribution >= 4 is 23.6 Å². The third-order valence-electron chi connectivity index (χ3n) is 7.09. The quantitative estimate of drug-likeness (QED) is 0.566. The van der Waals surface area contributed by atoms with Crippen LogP contribution in [0.15, 0.2) is 24.3 Å². The minimum atomic E-state index is -0.944. The summed E-state index contributed by atoms with van der Waals surface area (Å²) in [5.74, 6) is 0.0447. The van der Waals surface area contributed by atoms with E-state index in [0.29, 0.717) is 31.8 Å². The highest BCUT2D eigenvalue weighted by Crippen LogP contribution is 2.37. The molecule has 0 spiro atoms. The Morgan fingerprint density at radius 1 is 1.34 bits per heavy atom. The summed E-state index contributed by atoms with van der Waals surface area (Å²) in [5, 5.41) is 26.3. The van der Waals surface area contributed by atoms with E-state index in [1.54, 1.807) is 25.7 Å². The van der Waals surface area contributed by atoms with Gasteiger partial charge in [-0.05, 0) is 57.4 Å². The first-order valence-electron chi connectivity index (χ1n) is 12.8. The number of tetrazole rings is 1. The molecule has 200 valence electrons. The minimum absolute atomic E-state index is 0.0638. The Labute approximate surface area is 220 Å². The second-order valence-electron chi connectivity index (χ2n) is 10.9. The Morgan fingerprint density at radius 3 is 2.84 bits per heavy atom. The first kappa shape index (κ1) is 25.6. The molecule has 5 rings (SSSR count). The third-order valence-corrected chi connectivity index (χ3v) is 7.09. The van der Waals surface area contributed by atoms with Crippen molar-refractivity contribution in [2.24, 2.45) is 0 Å². The zero-order valence-electron chi connectivity index (χ0n) is 21.6. The number of H-pyrrole nitrogens is 1. The number of nitrogens with one attached hydrogen (secondary N) is 2. The van der Waals surface area contributed by atoms with Crippen LogP contribution >= 0.6 is 0 Å². The van der Waals surface area contributed by atoms with Gasteiger partial charge in [-0.15, -0.1) is 10.2 Å². The van der Waals surface area contributed by atoms with Crippen molar-refractivity contribution in [1.82, 2.24) is 35.7 Å². The molecule has 2 bridgehead atoms. The number of aromatic nitrogens is 4. The van der Waals surface area contributed by atoms with Crippen molar-refractivity contribution in [1.29, 1.82) is 5.26 Å². The second-order valence-corrected chi connectivity index (χ2v) is 10.9. The van der Waals surface area contributed by atoms with Gasteiger partial charge in [0.05, 0.1) is 18.2 Å².